The van der Waals surface area contributed by atoms with Crippen LogP contribution in [0.5, 0.6) is 0 Å². The molecule has 23 heteroatoms. The van der Waals surface area contributed by atoms with Crippen LogP contribution in [-0.4, -0.2) is 121 Å². The first-order chi connectivity index (χ1) is 24.7. The minimum Gasteiger partial charge on any atom is -0.389 e. The number of rotatable bonds is 5. The Morgan fingerprint density at radius 3 is 1.32 bits per heavy atom. The molecule has 0 bridgehead atoms. The SMILES string of the molecule is Cl.O=[N+]([O-])c1ccc(F)cn1.O=[N+]([O-])c1ccc(N2CC[C@H](F)[C@H](O)C2)cn1.O=[N+]([O-])c1ccc(N2CC[C@H](F)[C@H](O)C2)cn1.O[C@@H]1CNCC[C@@H]1F. The van der Waals surface area contributed by atoms with E-state index in [2.05, 4.69) is 20.3 Å². The van der Waals surface area contributed by atoms with E-state index in [0.29, 0.717) is 44.0 Å². The Bertz CT molecular complexity index is 1500. The first-order valence-corrected chi connectivity index (χ1v) is 15.8. The second-order valence-electron chi connectivity index (χ2n) is 11.6. The summed E-state index contributed by atoms with van der Waals surface area (Å²) in [5.74, 6) is -1.38. The molecule has 3 aliphatic heterocycles. The number of hydrogen-bond donors (Lipinski definition) is 4. The van der Waals surface area contributed by atoms with E-state index in [4.69, 9.17) is 5.11 Å². The predicted octanol–water partition coefficient (Wildman–Crippen LogP) is 3.03. The number of hydrogen-bond acceptors (Lipinski definition) is 15. The number of anilines is 2. The van der Waals surface area contributed by atoms with Crippen molar-refractivity contribution in [2.45, 2.75) is 56.1 Å². The van der Waals surface area contributed by atoms with E-state index in [1.165, 1.54) is 24.5 Å². The Morgan fingerprint density at radius 2 is 1.04 bits per heavy atom. The molecular weight excluding hydrogens is 742 g/mol. The number of aliphatic hydroxyl groups is 3. The fourth-order valence-corrected chi connectivity index (χ4v) is 4.91. The molecule has 3 aliphatic rings. The van der Waals surface area contributed by atoms with Crippen molar-refractivity contribution in [3.63, 3.8) is 0 Å². The maximum absolute atomic E-state index is 13.1. The summed E-state index contributed by atoms with van der Waals surface area (Å²) < 4.78 is 50.5. The summed E-state index contributed by atoms with van der Waals surface area (Å²) in [7, 11) is 0. The van der Waals surface area contributed by atoms with Crippen molar-refractivity contribution >= 4 is 41.2 Å². The molecule has 4 N–H and O–H groups in total. The van der Waals surface area contributed by atoms with Gasteiger partial charge in [-0.3, -0.25) is 0 Å². The van der Waals surface area contributed by atoms with Gasteiger partial charge in [0.25, 0.3) is 0 Å². The number of aliphatic hydroxyl groups excluding tert-OH is 3. The number of nitrogens with one attached hydrogen (secondary N) is 1. The molecule has 6 heterocycles. The topological polar surface area (TPSA) is 247 Å². The van der Waals surface area contributed by atoms with Gasteiger partial charge < -0.3 is 60.8 Å². The minimum absolute atomic E-state index is 0. The Morgan fingerprint density at radius 1 is 0.642 bits per heavy atom. The van der Waals surface area contributed by atoms with Gasteiger partial charge in [-0.2, -0.15) is 0 Å². The Balaban J connectivity index is 0.000000254. The van der Waals surface area contributed by atoms with Crippen molar-refractivity contribution < 1.29 is 47.7 Å². The molecule has 0 amide bonds. The lowest BCUT2D eigenvalue weighted by Gasteiger charge is -2.33. The van der Waals surface area contributed by atoms with Crippen LogP contribution in [0.3, 0.4) is 0 Å². The average molecular weight is 780 g/mol. The zero-order valence-electron chi connectivity index (χ0n) is 27.8. The minimum atomic E-state index is -1.20. The first-order valence-electron chi connectivity index (χ1n) is 15.8. The fraction of sp³-hybridized carbons (Fsp3) is 0.500. The van der Waals surface area contributed by atoms with Crippen LogP contribution < -0.4 is 15.1 Å². The molecule has 6 atom stereocenters. The molecule has 0 aliphatic carbocycles. The second kappa shape index (κ2) is 21.6. The molecule has 53 heavy (non-hydrogen) atoms. The van der Waals surface area contributed by atoms with Gasteiger partial charge in [0.05, 0.1) is 17.5 Å². The normalized spacial score (nSPS) is 23.6. The van der Waals surface area contributed by atoms with Crippen molar-refractivity contribution in [2.24, 2.45) is 0 Å². The van der Waals surface area contributed by atoms with Crippen molar-refractivity contribution in [3.05, 3.63) is 91.1 Å². The van der Waals surface area contributed by atoms with Gasteiger partial charge in [-0.15, -0.1) is 12.4 Å². The number of nitrogens with zero attached hydrogens (tertiary/aromatic N) is 8. The third-order valence-electron chi connectivity index (χ3n) is 7.84. The molecular formula is C30H38ClF4N9O9. The number of alkyl halides is 3. The van der Waals surface area contributed by atoms with Crippen LogP contribution in [0.4, 0.5) is 46.4 Å². The summed E-state index contributed by atoms with van der Waals surface area (Å²) in [6.07, 6.45) is -1.73. The number of piperidine rings is 3. The first kappa shape index (κ1) is 44.3. The Kier molecular flexibility index (Phi) is 18.0. The quantitative estimate of drug-likeness (QED) is 0.165. The summed E-state index contributed by atoms with van der Waals surface area (Å²) in [6.45, 7) is 2.40. The summed E-state index contributed by atoms with van der Waals surface area (Å²) in [5.41, 5.74) is 1.31. The van der Waals surface area contributed by atoms with Crippen LogP contribution in [0.15, 0.2) is 55.0 Å². The average Bonchev–Trinajstić information content (AvgIpc) is 3.13. The van der Waals surface area contributed by atoms with Gasteiger partial charge in [0.15, 0.2) is 24.4 Å². The number of aromatic nitrogens is 3. The standard InChI is InChI=1S/2C10H12FN3O3.C5H3FN2O2.C5H10FNO.ClH/c2*11-8-3-4-13(6-9(8)15)7-1-2-10(12-5-7)14(16)17;6-4-1-2-5(7-3-4)8(9)10;6-4-1-2-7-3-5(4)8;/h2*1-2,5,8-9,15H,3-4,6H2;1-3H;4-5,7-8H,1-3H2;1H/t2*8-,9+;;4-,5+;/m00.0./s1. The van der Waals surface area contributed by atoms with Gasteiger partial charge >= 0.3 is 17.5 Å². The van der Waals surface area contributed by atoms with Crippen molar-refractivity contribution in [3.8, 4) is 0 Å². The van der Waals surface area contributed by atoms with Crippen LogP contribution in [-0.2, 0) is 0 Å². The van der Waals surface area contributed by atoms with Crippen molar-refractivity contribution in [1.29, 1.82) is 0 Å². The molecule has 0 unspecified atom stereocenters. The van der Waals surface area contributed by atoms with Gasteiger partial charge in [-0.05, 0) is 73.7 Å². The molecule has 292 valence electrons. The monoisotopic (exact) mass is 779 g/mol. The smallest absolute Gasteiger partial charge is 0.363 e. The van der Waals surface area contributed by atoms with Crippen molar-refractivity contribution in [2.75, 3.05) is 49.1 Å². The zero-order chi connectivity index (χ0) is 38.4. The summed E-state index contributed by atoms with van der Waals surface area (Å²) >= 11 is 0. The lowest BCUT2D eigenvalue weighted by Crippen LogP contribution is -2.45. The van der Waals surface area contributed by atoms with Crippen LogP contribution in [0, 0.1) is 36.2 Å². The summed E-state index contributed by atoms with van der Waals surface area (Å²) in [4.78, 5) is 43.0. The van der Waals surface area contributed by atoms with Crippen LogP contribution in [0.2, 0.25) is 0 Å². The third kappa shape index (κ3) is 14.2. The van der Waals surface area contributed by atoms with Gasteiger partial charge in [-0.25, -0.2) is 17.6 Å². The number of nitro groups is 3. The fourth-order valence-electron chi connectivity index (χ4n) is 4.91. The Hall–Kier alpha value is -4.90. The molecule has 0 spiro atoms. The predicted molar refractivity (Wildman–Crippen MR) is 184 cm³/mol. The summed E-state index contributed by atoms with van der Waals surface area (Å²) in [5, 5.41) is 61.2. The molecule has 0 saturated carbocycles. The van der Waals surface area contributed by atoms with Crippen LogP contribution in [0.25, 0.3) is 0 Å². The third-order valence-corrected chi connectivity index (χ3v) is 7.84. The molecule has 3 aromatic rings. The highest BCUT2D eigenvalue weighted by molar-refractivity contribution is 5.85. The molecule has 0 radical (unpaired) electrons. The van der Waals surface area contributed by atoms with Crippen LogP contribution in [0.1, 0.15) is 19.3 Å². The number of pyridine rings is 3. The van der Waals surface area contributed by atoms with Gasteiger partial charge in [0.2, 0.25) is 0 Å². The van der Waals surface area contributed by atoms with E-state index >= 15 is 0 Å². The number of β-amino-alcohol motifs (C(OH)–C–C–N with tert-alkyl or cyclic N) is 3. The molecule has 3 aromatic heterocycles. The molecule has 6 rings (SSSR count). The van der Waals surface area contributed by atoms with E-state index < -0.39 is 57.4 Å². The molecule has 3 saturated heterocycles. The highest BCUT2D eigenvalue weighted by Gasteiger charge is 2.29. The largest absolute Gasteiger partial charge is 0.389 e. The zero-order valence-corrected chi connectivity index (χ0v) is 28.6. The van der Waals surface area contributed by atoms with Crippen molar-refractivity contribution in [1.82, 2.24) is 20.3 Å². The van der Waals surface area contributed by atoms with Gasteiger partial charge in [0.1, 0.15) is 30.7 Å². The lowest BCUT2D eigenvalue weighted by atomic mass is 10.1. The van der Waals surface area contributed by atoms with E-state index in [9.17, 15) is 58.1 Å². The van der Waals surface area contributed by atoms with Gasteiger partial charge in [-0.1, -0.05) is 0 Å². The molecule has 18 nitrogen and oxygen atoms in total. The lowest BCUT2D eigenvalue weighted by molar-refractivity contribution is -0.389. The van der Waals surface area contributed by atoms with E-state index in [1.54, 1.807) is 21.9 Å². The van der Waals surface area contributed by atoms with E-state index in [-0.39, 0.29) is 55.8 Å². The van der Waals surface area contributed by atoms with E-state index in [0.717, 1.165) is 18.3 Å². The molecule has 3 fully saturated rings. The highest BCUT2D eigenvalue weighted by Crippen LogP contribution is 2.24. The van der Waals surface area contributed by atoms with Gasteiger partial charge in [0, 0.05) is 50.9 Å². The maximum atomic E-state index is 13.1. The maximum Gasteiger partial charge on any atom is 0.363 e. The second-order valence-corrected chi connectivity index (χ2v) is 11.6. The molecule has 0 aromatic carbocycles. The summed E-state index contributed by atoms with van der Waals surface area (Å²) in [6, 6.07) is 7.69. The number of halogens is 5. The Labute approximate surface area is 305 Å². The van der Waals surface area contributed by atoms with Crippen LogP contribution >= 0.6 is 12.4 Å². The van der Waals surface area contributed by atoms with E-state index in [1.807, 2.05) is 0 Å². The highest BCUT2D eigenvalue weighted by atomic mass is 35.5.